The van der Waals surface area contributed by atoms with Crippen LogP contribution in [0.4, 0.5) is 8.78 Å². The largest absolute Gasteiger partial charge is 0.330 e. The third kappa shape index (κ3) is 2.70. The van der Waals surface area contributed by atoms with Crippen molar-refractivity contribution in [2.75, 3.05) is 13.6 Å². The molecule has 2 nitrogen and oxygen atoms in total. The Balaban J connectivity index is 2.06. The molecule has 0 aliphatic heterocycles. The zero-order valence-corrected chi connectivity index (χ0v) is 10.7. The minimum absolute atomic E-state index is 0.387. The maximum atomic E-state index is 13.6. The molecule has 2 rings (SSSR count). The highest BCUT2D eigenvalue weighted by molar-refractivity contribution is 5.19. The maximum absolute atomic E-state index is 13.6. The number of hydrogen-bond donors (Lipinski definition) is 1. The fourth-order valence-corrected chi connectivity index (χ4v) is 2.93. The van der Waals surface area contributed by atoms with Crippen LogP contribution in [0.5, 0.6) is 0 Å². The lowest BCUT2D eigenvalue weighted by atomic mass is 10.0. The molecule has 0 amide bonds. The highest BCUT2D eigenvalue weighted by Gasteiger charge is 2.29. The van der Waals surface area contributed by atoms with Crippen LogP contribution in [0, 0.1) is 17.6 Å². The second kappa shape index (κ2) is 5.76. The molecule has 0 saturated heterocycles. The van der Waals surface area contributed by atoms with Gasteiger partial charge in [-0.25, -0.2) is 8.78 Å². The van der Waals surface area contributed by atoms with Gasteiger partial charge >= 0.3 is 0 Å². The van der Waals surface area contributed by atoms with E-state index in [9.17, 15) is 8.78 Å². The molecule has 1 fully saturated rings. The zero-order chi connectivity index (χ0) is 13.1. The van der Waals surface area contributed by atoms with Crippen LogP contribution in [-0.2, 0) is 6.54 Å². The van der Waals surface area contributed by atoms with E-state index in [-0.39, 0.29) is 0 Å². The Morgan fingerprint density at radius 2 is 2.11 bits per heavy atom. The molecule has 1 aliphatic rings. The van der Waals surface area contributed by atoms with Crippen molar-refractivity contribution in [2.24, 2.45) is 11.7 Å². The Hall–Kier alpha value is -1.00. The third-order valence-corrected chi connectivity index (χ3v) is 3.94. The van der Waals surface area contributed by atoms with E-state index >= 15 is 0 Å². The van der Waals surface area contributed by atoms with Crippen molar-refractivity contribution in [3.8, 4) is 0 Å². The van der Waals surface area contributed by atoms with E-state index in [0.29, 0.717) is 30.6 Å². The maximum Gasteiger partial charge on any atom is 0.163 e. The van der Waals surface area contributed by atoms with E-state index in [1.807, 2.05) is 7.05 Å². The molecule has 0 bridgehead atoms. The van der Waals surface area contributed by atoms with Crippen molar-refractivity contribution in [3.05, 3.63) is 35.4 Å². The molecule has 0 heterocycles. The van der Waals surface area contributed by atoms with Crippen LogP contribution in [0.3, 0.4) is 0 Å². The molecule has 4 heteroatoms. The van der Waals surface area contributed by atoms with Crippen LogP contribution in [-0.4, -0.2) is 24.5 Å². The van der Waals surface area contributed by atoms with Crippen molar-refractivity contribution < 1.29 is 8.78 Å². The Bertz CT molecular complexity index is 409. The zero-order valence-electron chi connectivity index (χ0n) is 10.7. The van der Waals surface area contributed by atoms with Gasteiger partial charge in [-0.1, -0.05) is 18.6 Å². The quantitative estimate of drug-likeness (QED) is 0.894. The molecule has 1 saturated carbocycles. The summed E-state index contributed by atoms with van der Waals surface area (Å²) in [6.45, 7) is 1.10. The summed E-state index contributed by atoms with van der Waals surface area (Å²) in [5, 5.41) is 0. The molecule has 1 aromatic carbocycles. The van der Waals surface area contributed by atoms with E-state index in [2.05, 4.69) is 4.90 Å². The van der Waals surface area contributed by atoms with E-state index in [4.69, 9.17) is 5.73 Å². The molecule has 0 aromatic heterocycles. The SMILES string of the molecule is CN(Cc1cccc(F)c1F)C1CCCC1CN. The number of hydrogen-bond acceptors (Lipinski definition) is 2. The first-order valence-electron chi connectivity index (χ1n) is 6.46. The van der Waals surface area contributed by atoms with Crippen LogP contribution in [0.2, 0.25) is 0 Å². The minimum Gasteiger partial charge on any atom is -0.330 e. The first kappa shape index (κ1) is 13.4. The molecule has 1 aromatic rings. The summed E-state index contributed by atoms with van der Waals surface area (Å²) in [7, 11) is 1.96. The van der Waals surface area contributed by atoms with Crippen molar-refractivity contribution in [3.63, 3.8) is 0 Å². The van der Waals surface area contributed by atoms with Gasteiger partial charge in [-0.2, -0.15) is 0 Å². The van der Waals surface area contributed by atoms with E-state index in [0.717, 1.165) is 18.9 Å². The summed E-state index contributed by atoms with van der Waals surface area (Å²) in [5.41, 5.74) is 6.17. The molecule has 2 unspecified atom stereocenters. The Labute approximate surface area is 107 Å². The van der Waals surface area contributed by atoms with Crippen LogP contribution >= 0.6 is 0 Å². The normalized spacial score (nSPS) is 23.8. The summed E-state index contributed by atoms with van der Waals surface area (Å²) in [6, 6.07) is 4.73. The molecule has 2 N–H and O–H groups in total. The van der Waals surface area contributed by atoms with Crippen molar-refractivity contribution >= 4 is 0 Å². The van der Waals surface area contributed by atoms with Gasteiger partial charge in [0.15, 0.2) is 11.6 Å². The van der Waals surface area contributed by atoms with Gasteiger partial charge in [-0.05, 0) is 38.4 Å². The van der Waals surface area contributed by atoms with Gasteiger partial charge in [-0.3, -0.25) is 4.90 Å². The fraction of sp³-hybridized carbons (Fsp3) is 0.571. The summed E-state index contributed by atoms with van der Waals surface area (Å²) in [4.78, 5) is 2.10. The second-order valence-electron chi connectivity index (χ2n) is 5.12. The third-order valence-electron chi connectivity index (χ3n) is 3.94. The average molecular weight is 254 g/mol. The molecule has 100 valence electrons. The van der Waals surface area contributed by atoms with Gasteiger partial charge in [0, 0.05) is 18.2 Å². The first-order valence-corrected chi connectivity index (χ1v) is 6.46. The predicted molar refractivity (Wildman–Crippen MR) is 68.0 cm³/mol. The Morgan fingerprint density at radius 3 is 2.83 bits per heavy atom. The number of nitrogens with zero attached hydrogens (tertiary/aromatic N) is 1. The monoisotopic (exact) mass is 254 g/mol. The molecular weight excluding hydrogens is 234 g/mol. The Morgan fingerprint density at radius 1 is 1.33 bits per heavy atom. The molecule has 18 heavy (non-hydrogen) atoms. The molecular formula is C14H20F2N2. The van der Waals surface area contributed by atoms with Crippen LogP contribution < -0.4 is 5.73 Å². The molecule has 1 aliphatic carbocycles. The lowest BCUT2D eigenvalue weighted by molar-refractivity contribution is 0.190. The topological polar surface area (TPSA) is 29.3 Å². The smallest absolute Gasteiger partial charge is 0.163 e. The van der Waals surface area contributed by atoms with E-state index < -0.39 is 11.6 Å². The van der Waals surface area contributed by atoms with Gasteiger partial charge in [0.2, 0.25) is 0 Å². The Kier molecular flexibility index (Phi) is 4.30. The summed E-state index contributed by atoms with van der Waals surface area (Å²) in [6.07, 6.45) is 3.40. The average Bonchev–Trinajstić information content (AvgIpc) is 2.83. The summed E-state index contributed by atoms with van der Waals surface area (Å²) >= 11 is 0. The van der Waals surface area contributed by atoms with Crippen LogP contribution in [0.1, 0.15) is 24.8 Å². The first-order chi connectivity index (χ1) is 8.63. The molecule has 2 atom stereocenters. The standard InChI is InChI=1S/C14H20F2N2/c1-18(13-7-3-4-10(13)8-17)9-11-5-2-6-12(15)14(11)16/h2,5-6,10,13H,3-4,7-9,17H2,1H3. The molecule has 0 spiro atoms. The fourth-order valence-electron chi connectivity index (χ4n) is 2.93. The van der Waals surface area contributed by atoms with Gasteiger partial charge < -0.3 is 5.73 Å². The van der Waals surface area contributed by atoms with Crippen LogP contribution in [0.15, 0.2) is 18.2 Å². The predicted octanol–water partition coefficient (Wildman–Crippen LogP) is 2.52. The van der Waals surface area contributed by atoms with E-state index in [1.165, 1.54) is 6.42 Å². The van der Waals surface area contributed by atoms with Crippen LogP contribution in [0.25, 0.3) is 0 Å². The highest BCUT2D eigenvalue weighted by atomic mass is 19.2. The summed E-state index contributed by atoms with van der Waals surface area (Å²) in [5.74, 6) is -1.03. The lowest BCUT2D eigenvalue weighted by Gasteiger charge is -2.29. The van der Waals surface area contributed by atoms with Crippen molar-refractivity contribution in [2.45, 2.75) is 31.8 Å². The van der Waals surface area contributed by atoms with Gasteiger partial charge in [0.05, 0.1) is 0 Å². The molecule has 0 radical (unpaired) electrons. The lowest BCUT2D eigenvalue weighted by Crippen LogP contribution is -2.37. The summed E-state index contributed by atoms with van der Waals surface area (Å²) < 4.78 is 26.7. The second-order valence-corrected chi connectivity index (χ2v) is 5.12. The number of halogens is 2. The minimum atomic E-state index is -0.775. The van der Waals surface area contributed by atoms with Gasteiger partial charge in [0.25, 0.3) is 0 Å². The number of rotatable bonds is 4. The highest BCUT2D eigenvalue weighted by Crippen LogP contribution is 2.29. The van der Waals surface area contributed by atoms with Gasteiger partial charge in [-0.15, -0.1) is 0 Å². The number of nitrogens with two attached hydrogens (primary N) is 1. The van der Waals surface area contributed by atoms with E-state index in [1.54, 1.807) is 12.1 Å². The number of benzene rings is 1. The van der Waals surface area contributed by atoms with Crippen molar-refractivity contribution in [1.82, 2.24) is 4.90 Å². The van der Waals surface area contributed by atoms with Crippen molar-refractivity contribution in [1.29, 1.82) is 0 Å². The van der Waals surface area contributed by atoms with Gasteiger partial charge in [0.1, 0.15) is 0 Å².